The molecule has 1 heterocycles. The van der Waals surface area contributed by atoms with Gasteiger partial charge in [-0.15, -0.1) is 0 Å². The van der Waals surface area contributed by atoms with Crippen LogP contribution in [0.2, 0.25) is 0 Å². The smallest absolute Gasteiger partial charge is 0.243 e. The van der Waals surface area contributed by atoms with E-state index in [1.165, 1.54) is 0 Å². The first kappa shape index (κ1) is 16.6. The van der Waals surface area contributed by atoms with Crippen molar-refractivity contribution in [1.82, 2.24) is 4.31 Å². The highest BCUT2D eigenvalue weighted by atomic mass is 32.2. The molecule has 0 aromatic heterocycles. The molecular weight excluding hydrogens is 308 g/mol. The molecule has 2 rings (SSSR count). The molecule has 21 heavy (non-hydrogen) atoms. The highest BCUT2D eigenvalue weighted by molar-refractivity contribution is 7.99. The molecule has 0 atom stereocenters. The van der Waals surface area contributed by atoms with E-state index in [9.17, 15) is 8.42 Å². The predicted molar refractivity (Wildman–Crippen MR) is 86.2 cm³/mol. The Bertz CT molecular complexity index is 568. The summed E-state index contributed by atoms with van der Waals surface area (Å²) >= 11 is 1.80. The van der Waals surface area contributed by atoms with Crippen LogP contribution in [-0.4, -0.2) is 43.9 Å². The fraction of sp³-hybridized carbons (Fsp3) is 0.571. The number of hydrogen-bond donors (Lipinski definition) is 1. The first-order valence-electron chi connectivity index (χ1n) is 7.13. The summed E-state index contributed by atoms with van der Waals surface area (Å²) in [6, 6.07) is 4.95. The number of hydrogen-bond acceptors (Lipinski definition) is 5. The standard InChI is InChI=1S/C14H22N2O3S2/c1-2-19-14-5-4-13(10-12(14)11-15)21(17,18)16-6-3-8-20-9-7-16/h4-5,10H,2-3,6-9,11,15H2,1H3. The van der Waals surface area contributed by atoms with E-state index in [0.29, 0.717) is 30.3 Å². The van der Waals surface area contributed by atoms with Crippen molar-refractivity contribution < 1.29 is 13.2 Å². The molecule has 1 fully saturated rings. The van der Waals surface area contributed by atoms with Gasteiger partial charge in [-0.25, -0.2) is 8.42 Å². The van der Waals surface area contributed by atoms with Crippen LogP contribution in [0.15, 0.2) is 23.1 Å². The Balaban J connectivity index is 2.30. The van der Waals surface area contributed by atoms with Crippen LogP contribution in [0.1, 0.15) is 18.9 Å². The molecule has 0 spiro atoms. The van der Waals surface area contributed by atoms with Crippen LogP contribution < -0.4 is 10.5 Å². The number of benzene rings is 1. The fourth-order valence-electron chi connectivity index (χ4n) is 2.28. The largest absolute Gasteiger partial charge is 0.494 e. The molecule has 0 radical (unpaired) electrons. The van der Waals surface area contributed by atoms with Crippen LogP contribution in [0.5, 0.6) is 5.75 Å². The molecule has 7 heteroatoms. The van der Waals surface area contributed by atoms with Crippen molar-refractivity contribution in [1.29, 1.82) is 0 Å². The lowest BCUT2D eigenvalue weighted by Crippen LogP contribution is -2.33. The van der Waals surface area contributed by atoms with E-state index in [1.807, 2.05) is 6.92 Å². The van der Waals surface area contributed by atoms with Gasteiger partial charge in [-0.05, 0) is 37.3 Å². The first-order valence-corrected chi connectivity index (χ1v) is 9.72. The van der Waals surface area contributed by atoms with E-state index < -0.39 is 10.0 Å². The summed E-state index contributed by atoms with van der Waals surface area (Å²) < 4.78 is 32.5. The van der Waals surface area contributed by atoms with Gasteiger partial charge in [-0.1, -0.05) is 0 Å². The van der Waals surface area contributed by atoms with E-state index in [4.69, 9.17) is 10.5 Å². The van der Waals surface area contributed by atoms with Crippen molar-refractivity contribution in [2.75, 3.05) is 31.2 Å². The van der Waals surface area contributed by atoms with E-state index >= 15 is 0 Å². The van der Waals surface area contributed by atoms with Crippen LogP contribution in [-0.2, 0) is 16.6 Å². The van der Waals surface area contributed by atoms with Gasteiger partial charge in [0.15, 0.2) is 0 Å². The molecule has 0 unspecified atom stereocenters. The SMILES string of the molecule is CCOc1ccc(S(=O)(=O)N2CCCSCC2)cc1CN. The maximum Gasteiger partial charge on any atom is 0.243 e. The van der Waals surface area contributed by atoms with Gasteiger partial charge in [0.05, 0.1) is 11.5 Å². The summed E-state index contributed by atoms with van der Waals surface area (Å²) in [7, 11) is -3.44. The third kappa shape index (κ3) is 3.91. The second-order valence-corrected chi connectivity index (χ2v) is 7.94. The minimum atomic E-state index is -3.44. The summed E-state index contributed by atoms with van der Waals surface area (Å²) in [5, 5.41) is 0. The van der Waals surface area contributed by atoms with Gasteiger partial charge in [-0.3, -0.25) is 0 Å². The fourth-order valence-corrected chi connectivity index (χ4v) is 4.82. The third-order valence-electron chi connectivity index (χ3n) is 3.37. The average Bonchev–Trinajstić information content (AvgIpc) is 2.77. The molecule has 1 saturated heterocycles. The van der Waals surface area contributed by atoms with Crippen LogP contribution in [0.4, 0.5) is 0 Å². The van der Waals surface area contributed by atoms with Gasteiger partial charge in [0, 0.05) is 31.0 Å². The highest BCUT2D eigenvalue weighted by Crippen LogP contribution is 2.25. The summed E-state index contributed by atoms with van der Waals surface area (Å²) in [6.45, 7) is 3.83. The Hall–Kier alpha value is -0.760. The maximum absolute atomic E-state index is 12.7. The second kappa shape index (κ2) is 7.49. The van der Waals surface area contributed by atoms with Gasteiger partial charge < -0.3 is 10.5 Å². The van der Waals surface area contributed by atoms with Crippen LogP contribution in [0.3, 0.4) is 0 Å². The monoisotopic (exact) mass is 330 g/mol. The van der Waals surface area contributed by atoms with Gasteiger partial charge in [-0.2, -0.15) is 16.1 Å². The molecule has 1 aliphatic rings. The lowest BCUT2D eigenvalue weighted by Gasteiger charge is -2.20. The number of sulfonamides is 1. The molecule has 0 aliphatic carbocycles. The van der Waals surface area contributed by atoms with Crippen molar-refractivity contribution >= 4 is 21.8 Å². The molecule has 0 saturated carbocycles. The van der Waals surface area contributed by atoms with E-state index in [-0.39, 0.29) is 6.54 Å². The second-order valence-electron chi connectivity index (χ2n) is 4.78. The van der Waals surface area contributed by atoms with Gasteiger partial charge in [0.2, 0.25) is 10.0 Å². The molecule has 1 aromatic carbocycles. The van der Waals surface area contributed by atoms with Crippen LogP contribution >= 0.6 is 11.8 Å². The van der Waals surface area contributed by atoms with Gasteiger partial charge >= 0.3 is 0 Å². The topological polar surface area (TPSA) is 72.6 Å². The van der Waals surface area contributed by atoms with E-state index in [2.05, 4.69) is 0 Å². The number of rotatable bonds is 5. The average molecular weight is 330 g/mol. The minimum absolute atomic E-state index is 0.258. The molecule has 2 N–H and O–H groups in total. The predicted octanol–water partition coefficient (Wildman–Crippen LogP) is 1.67. The summed E-state index contributed by atoms with van der Waals surface area (Å²) in [5.41, 5.74) is 6.43. The van der Waals surface area contributed by atoms with Crippen molar-refractivity contribution in [3.05, 3.63) is 23.8 Å². The summed E-state index contributed by atoms with van der Waals surface area (Å²) in [5.74, 6) is 2.52. The lowest BCUT2D eigenvalue weighted by atomic mass is 10.2. The Kier molecular flexibility index (Phi) is 5.92. The first-order chi connectivity index (χ1) is 10.1. The third-order valence-corrected chi connectivity index (χ3v) is 6.31. The lowest BCUT2D eigenvalue weighted by molar-refractivity contribution is 0.336. The number of ether oxygens (including phenoxy) is 1. The molecule has 118 valence electrons. The van der Waals surface area contributed by atoms with Crippen LogP contribution in [0.25, 0.3) is 0 Å². The van der Waals surface area contributed by atoms with Crippen molar-refractivity contribution in [2.24, 2.45) is 5.73 Å². The quantitative estimate of drug-likeness (QED) is 0.889. The zero-order chi connectivity index (χ0) is 15.3. The van der Waals surface area contributed by atoms with Gasteiger partial charge in [0.1, 0.15) is 5.75 Å². The van der Waals surface area contributed by atoms with Crippen molar-refractivity contribution in [2.45, 2.75) is 24.8 Å². The Morgan fingerprint density at radius 3 is 2.86 bits per heavy atom. The molecule has 0 bridgehead atoms. The molecule has 0 amide bonds. The van der Waals surface area contributed by atoms with Crippen molar-refractivity contribution in [3.8, 4) is 5.75 Å². The zero-order valence-corrected chi connectivity index (χ0v) is 13.9. The summed E-state index contributed by atoms with van der Waals surface area (Å²) in [4.78, 5) is 0.304. The molecular formula is C14H22N2O3S2. The number of thioether (sulfide) groups is 1. The normalized spacial score (nSPS) is 17.4. The van der Waals surface area contributed by atoms with Crippen LogP contribution in [0, 0.1) is 0 Å². The Labute approximate surface area is 130 Å². The Morgan fingerprint density at radius 2 is 2.14 bits per heavy atom. The zero-order valence-electron chi connectivity index (χ0n) is 12.2. The molecule has 1 aromatic rings. The maximum atomic E-state index is 12.7. The molecule has 1 aliphatic heterocycles. The van der Waals surface area contributed by atoms with E-state index in [0.717, 1.165) is 23.5 Å². The molecule has 5 nitrogen and oxygen atoms in total. The highest BCUT2D eigenvalue weighted by Gasteiger charge is 2.25. The van der Waals surface area contributed by atoms with Gasteiger partial charge in [0.25, 0.3) is 0 Å². The summed E-state index contributed by atoms with van der Waals surface area (Å²) in [6.07, 6.45) is 0.894. The van der Waals surface area contributed by atoms with E-state index in [1.54, 1.807) is 34.3 Å². The number of nitrogens with zero attached hydrogens (tertiary/aromatic N) is 1. The minimum Gasteiger partial charge on any atom is -0.494 e. The Morgan fingerprint density at radius 1 is 1.33 bits per heavy atom. The van der Waals surface area contributed by atoms with Crippen molar-refractivity contribution in [3.63, 3.8) is 0 Å². The number of nitrogens with two attached hydrogens (primary N) is 1.